The van der Waals surface area contributed by atoms with Crippen molar-refractivity contribution in [3.05, 3.63) is 62.3 Å². The molecule has 0 N–H and O–H groups in total. The largest absolute Gasteiger partial charge is 0.466 e. The number of hydrogen-bond donors (Lipinski definition) is 0. The van der Waals surface area contributed by atoms with Gasteiger partial charge in [0.1, 0.15) is 0 Å². The number of methoxy groups -OCH3 is 1. The Labute approximate surface area is 178 Å². The first-order chi connectivity index (χ1) is 14.3. The van der Waals surface area contributed by atoms with Gasteiger partial charge in [-0.05, 0) is 37.0 Å². The second kappa shape index (κ2) is 8.70. The number of esters is 1. The number of non-ortho nitro benzene ring substituents is 1. The molecule has 158 valence electrons. The molecular weight excluding hydrogens is 408 g/mol. The van der Waals surface area contributed by atoms with E-state index in [1.165, 1.54) is 31.0 Å². The standard InChI is InChI=1S/C20H22N4O5S/c1-5-22(3)16(25)10-15-11-30-20-21-12(2)17(19(26)29-4)18(23(15)20)13-6-8-14(9-7-13)24(27)28/h6-9,11,18H,5,10H2,1-4H3/t18-/m1/s1. The summed E-state index contributed by atoms with van der Waals surface area (Å²) in [4.78, 5) is 43.7. The normalized spacial score (nSPS) is 17.9. The number of ether oxygens (including phenoxy) is 1. The van der Waals surface area contributed by atoms with Crippen LogP contribution in [0.3, 0.4) is 0 Å². The van der Waals surface area contributed by atoms with Crippen molar-refractivity contribution in [1.29, 1.82) is 0 Å². The van der Waals surface area contributed by atoms with Crippen molar-refractivity contribution in [1.82, 2.24) is 9.80 Å². The predicted molar refractivity (Wildman–Crippen MR) is 113 cm³/mol. The zero-order valence-electron chi connectivity index (χ0n) is 17.1. The van der Waals surface area contributed by atoms with E-state index in [0.29, 0.717) is 34.2 Å². The van der Waals surface area contributed by atoms with Gasteiger partial charge in [0.15, 0.2) is 5.17 Å². The third-order valence-electron chi connectivity index (χ3n) is 5.06. The van der Waals surface area contributed by atoms with Gasteiger partial charge in [-0.1, -0.05) is 11.8 Å². The molecule has 3 rings (SSSR count). The maximum absolute atomic E-state index is 12.6. The Bertz CT molecular complexity index is 983. The van der Waals surface area contributed by atoms with Gasteiger partial charge in [-0.15, -0.1) is 0 Å². The number of fused-ring (bicyclic) bond motifs is 1. The first-order valence-electron chi connectivity index (χ1n) is 9.29. The van der Waals surface area contributed by atoms with Gasteiger partial charge in [0.25, 0.3) is 5.69 Å². The van der Waals surface area contributed by atoms with Crippen molar-refractivity contribution in [2.45, 2.75) is 26.3 Å². The molecule has 0 saturated heterocycles. The summed E-state index contributed by atoms with van der Waals surface area (Å²) < 4.78 is 4.99. The maximum Gasteiger partial charge on any atom is 0.338 e. The zero-order valence-corrected chi connectivity index (χ0v) is 17.9. The number of amidine groups is 1. The molecule has 10 heteroatoms. The molecule has 0 fully saturated rings. The lowest BCUT2D eigenvalue weighted by atomic mass is 9.93. The minimum Gasteiger partial charge on any atom is -0.466 e. The van der Waals surface area contributed by atoms with Crippen LogP contribution in [0.15, 0.2) is 51.6 Å². The molecule has 2 heterocycles. The summed E-state index contributed by atoms with van der Waals surface area (Å²) in [5.41, 5.74) is 2.17. The van der Waals surface area contributed by atoms with Crippen LogP contribution in [0.1, 0.15) is 31.9 Å². The van der Waals surface area contributed by atoms with Crippen LogP contribution in [0.4, 0.5) is 5.69 Å². The zero-order chi connectivity index (χ0) is 22.0. The highest BCUT2D eigenvalue weighted by Gasteiger charge is 2.41. The van der Waals surface area contributed by atoms with Crippen LogP contribution < -0.4 is 0 Å². The van der Waals surface area contributed by atoms with E-state index in [0.717, 1.165) is 0 Å². The number of allylic oxidation sites excluding steroid dienone is 1. The third-order valence-corrected chi connectivity index (χ3v) is 5.95. The Morgan fingerprint density at radius 1 is 1.33 bits per heavy atom. The molecule has 30 heavy (non-hydrogen) atoms. The van der Waals surface area contributed by atoms with E-state index < -0.39 is 16.9 Å². The molecule has 0 aliphatic carbocycles. The fourth-order valence-corrected chi connectivity index (χ4v) is 4.26. The summed E-state index contributed by atoms with van der Waals surface area (Å²) in [5, 5.41) is 13.5. The fourth-order valence-electron chi connectivity index (χ4n) is 3.30. The molecule has 2 aliphatic heterocycles. The van der Waals surface area contributed by atoms with E-state index in [4.69, 9.17) is 4.74 Å². The van der Waals surface area contributed by atoms with Gasteiger partial charge in [-0.3, -0.25) is 14.9 Å². The van der Waals surface area contributed by atoms with Crippen LogP contribution in [0, 0.1) is 10.1 Å². The first kappa shape index (κ1) is 21.6. The lowest BCUT2D eigenvalue weighted by molar-refractivity contribution is -0.384. The molecule has 9 nitrogen and oxygen atoms in total. The van der Waals surface area contributed by atoms with Crippen molar-refractivity contribution < 1.29 is 19.2 Å². The summed E-state index contributed by atoms with van der Waals surface area (Å²) >= 11 is 1.38. The van der Waals surface area contributed by atoms with E-state index in [1.807, 2.05) is 17.2 Å². The molecular formula is C20H22N4O5S. The first-order valence-corrected chi connectivity index (χ1v) is 10.2. The minimum atomic E-state index is -0.605. The molecule has 1 aromatic rings. The number of amides is 1. The molecule has 0 radical (unpaired) electrons. The van der Waals surface area contributed by atoms with E-state index in [9.17, 15) is 19.7 Å². The van der Waals surface area contributed by atoms with E-state index in [1.54, 1.807) is 31.0 Å². The number of thioether (sulfide) groups is 1. The van der Waals surface area contributed by atoms with Crippen LogP contribution >= 0.6 is 11.8 Å². The minimum absolute atomic E-state index is 0.0462. The predicted octanol–water partition coefficient (Wildman–Crippen LogP) is 3.21. The maximum atomic E-state index is 12.6. The molecule has 1 amide bonds. The van der Waals surface area contributed by atoms with Crippen LogP contribution in [0.2, 0.25) is 0 Å². The summed E-state index contributed by atoms with van der Waals surface area (Å²) in [5.74, 6) is -0.592. The Morgan fingerprint density at radius 3 is 2.57 bits per heavy atom. The molecule has 0 aromatic heterocycles. The van der Waals surface area contributed by atoms with Crippen molar-refractivity contribution in [2.75, 3.05) is 20.7 Å². The summed E-state index contributed by atoms with van der Waals surface area (Å²) in [6, 6.07) is 5.42. The summed E-state index contributed by atoms with van der Waals surface area (Å²) in [6.07, 6.45) is 0.146. The lowest BCUT2D eigenvalue weighted by Gasteiger charge is -2.36. The number of nitro benzene ring substituents is 1. The van der Waals surface area contributed by atoms with Crippen LogP contribution in [-0.2, 0) is 14.3 Å². The van der Waals surface area contributed by atoms with Crippen molar-refractivity contribution in [3.8, 4) is 0 Å². The molecule has 0 spiro atoms. The van der Waals surface area contributed by atoms with Gasteiger partial charge in [-0.25, -0.2) is 9.79 Å². The second-order valence-electron chi connectivity index (χ2n) is 6.82. The number of nitrogens with zero attached hydrogens (tertiary/aromatic N) is 4. The second-order valence-corrected chi connectivity index (χ2v) is 7.65. The Balaban J connectivity index is 2.06. The van der Waals surface area contributed by atoms with Crippen LogP contribution in [0.25, 0.3) is 0 Å². The summed E-state index contributed by atoms with van der Waals surface area (Å²) in [7, 11) is 3.03. The number of rotatable bonds is 6. The number of hydrogen-bond acceptors (Lipinski definition) is 8. The summed E-state index contributed by atoms with van der Waals surface area (Å²) in [6.45, 7) is 4.20. The SMILES string of the molecule is CCN(C)C(=O)CC1=CSC2=NC(C)=C(C(=O)OC)[C@@H](c3ccc([N+](=O)[O-])cc3)N12. The van der Waals surface area contributed by atoms with Crippen LogP contribution in [0.5, 0.6) is 0 Å². The molecule has 1 aromatic carbocycles. The average Bonchev–Trinajstić information content (AvgIpc) is 3.13. The smallest absolute Gasteiger partial charge is 0.338 e. The van der Waals surface area contributed by atoms with Crippen LogP contribution in [-0.4, -0.2) is 52.5 Å². The molecule has 0 saturated carbocycles. The van der Waals surface area contributed by atoms with Crippen molar-refractivity contribution in [2.24, 2.45) is 4.99 Å². The highest BCUT2D eigenvalue weighted by molar-refractivity contribution is 8.16. The highest BCUT2D eigenvalue weighted by atomic mass is 32.2. The molecule has 1 atom stereocenters. The fraction of sp³-hybridized carbons (Fsp3) is 0.350. The Kier molecular flexibility index (Phi) is 6.25. The topological polar surface area (TPSA) is 105 Å². The van der Waals surface area contributed by atoms with Gasteiger partial charge in [0.05, 0.1) is 35.8 Å². The Hall–Kier alpha value is -3.14. The molecule has 2 aliphatic rings. The lowest BCUT2D eigenvalue weighted by Crippen LogP contribution is -2.38. The van der Waals surface area contributed by atoms with Crippen molar-refractivity contribution in [3.63, 3.8) is 0 Å². The number of aliphatic imine (C=N–C) groups is 1. The highest BCUT2D eigenvalue weighted by Crippen LogP contribution is 2.45. The number of benzene rings is 1. The number of carbonyl (C=O) groups excluding carboxylic acids is 2. The third kappa shape index (κ3) is 3.95. The monoisotopic (exact) mass is 430 g/mol. The number of nitro groups is 1. The van der Waals surface area contributed by atoms with Gasteiger partial charge >= 0.3 is 5.97 Å². The Morgan fingerprint density at radius 2 is 2.00 bits per heavy atom. The number of carbonyl (C=O) groups is 2. The van der Waals surface area contributed by atoms with Gasteiger partial charge in [-0.2, -0.15) is 0 Å². The molecule has 0 unspecified atom stereocenters. The quantitative estimate of drug-likeness (QED) is 0.388. The van der Waals surface area contributed by atoms with Gasteiger partial charge < -0.3 is 14.5 Å². The van der Waals surface area contributed by atoms with Gasteiger partial charge in [0.2, 0.25) is 5.91 Å². The van der Waals surface area contributed by atoms with E-state index in [-0.39, 0.29) is 18.0 Å². The van der Waals surface area contributed by atoms with Gasteiger partial charge in [0, 0.05) is 31.4 Å². The van der Waals surface area contributed by atoms with E-state index >= 15 is 0 Å². The average molecular weight is 430 g/mol. The molecule has 0 bridgehead atoms. The van der Waals surface area contributed by atoms with Crippen molar-refractivity contribution >= 4 is 34.5 Å². The van der Waals surface area contributed by atoms with E-state index in [2.05, 4.69) is 4.99 Å².